The van der Waals surface area contributed by atoms with Gasteiger partial charge in [0.05, 0.1) is 12.1 Å². The maximum atomic E-state index is 6.20. The summed E-state index contributed by atoms with van der Waals surface area (Å²) in [5.74, 6) is 0.595. The molecule has 0 heterocycles. The van der Waals surface area contributed by atoms with Crippen LogP contribution in [0, 0.1) is 0 Å². The van der Waals surface area contributed by atoms with E-state index in [0.717, 1.165) is 32.4 Å². The molecule has 20 heavy (non-hydrogen) atoms. The van der Waals surface area contributed by atoms with Crippen LogP contribution >= 0.6 is 0 Å². The summed E-state index contributed by atoms with van der Waals surface area (Å²) in [6.45, 7) is 8.71. The molecule has 1 aromatic rings. The molecule has 1 aliphatic rings. The fourth-order valence-corrected chi connectivity index (χ4v) is 3.14. The summed E-state index contributed by atoms with van der Waals surface area (Å²) in [7, 11) is 0. The zero-order chi connectivity index (χ0) is 14.4. The Bertz CT molecular complexity index is 404. The monoisotopic (exact) mass is 275 g/mol. The number of hydrogen-bond acceptors (Lipinski definition) is 2. The third kappa shape index (κ3) is 3.62. The van der Waals surface area contributed by atoms with E-state index < -0.39 is 0 Å². The van der Waals surface area contributed by atoms with Crippen molar-refractivity contribution in [3.8, 4) is 0 Å². The molecule has 3 unspecified atom stereocenters. The van der Waals surface area contributed by atoms with Crippen molar-refractivity contribution >= 4 is 0 Å². The van der Waals surface area contributed by atoms with Crippen LogP contribution in [0.4, 0.5) is 0 Å². The van der Waals surface area contributed by atoms with Gasteiger partial charge in [-0.1, -0.05) is 51.5 Å². The first-order chi connectivity index (χ1) is 9.77. The molecule has 1 N–H and O–H groups in total. The van der Waals surface area contributed by atoms with Gasteiger partial charge in [0, 0.05) is 6.61 Å². The summed E-state index contributed by atoms with van der Waals surface area (Å²) in [4.78, 5) is 0. The van der Waals surface area contributed by atoms with E-state index in [4.69, 9.17) is 4.74 Å². The molecule has 112 valence electrons. The SMILES string of the molecule is CCCCOC1CC(C)c2ccccc2C1NCCC. The molecule has 3 atom stereocenters. The Balaban J connectivity index is 2.15. The van der Waals surface area contributed by atoms with Gasteiger partial charge in [-0.15, -0.1) is 0 Å². The van der Waals surface area contributed by atoms with Gasteiger partial charge in [-0.05, 0) is 42.9 Å². The van der Waals surface area contributed by atoms with Crippen LogP contribution in [-0.4, -0.2) is 19.3 Å². The Kier molecular flexibility index (Phi) is 6.06. The number of fused-ring (bicyclic) bond motifs is 1. The molecule has 0 bridgehead atoms. The number of unbranched alkanes of at least 4 members (excludes halogenated alkanes) is 1. The lowest BCUT2D eigenvalue weighted by Gasteiger charge is -2.37. The van der Waals surface area contributed by atoms with Gasteiger partial charge in [-0.25, -0.2) is 0 Å². The van der Waals surface area contributed by atoms with Crippen LogP contribution in [0.5, 0.6) is 0 Å². The van der Waals surface area contributed by atoms with Crippen molar-refractivity contribution in [2.75, 3.05) is 13.2 Å². The van der Waals surface area contributed by atoms with Crippen LogP contribution in [0.25, 0.3) is 0 Å². The van der Waals surface area contributed by atoms with Crippen LogP contribution in [0.15, 0.2) is 24.3 Å². The minimum absolute atomic E-state index is 0.318. The topological polar surface area (TPSA) is 21.3 Å². The van der Waals surface area contributed by atoms with Gasteiger partial charge in [-0.3, -0.25) is 0 Å². The third-order valence-corrected chi connectivity index (χ3v) is 4.26. The third-order valence-electron chi connectivity index (χ3n) is 4.26. The van der Waals surface area contributed by atoms with Crippen molar-refractivity contribution in [2.45, 2.75) is 64.5 Å². The maximum absolute atomic E-state index is 6.20. The quantitative estimate of drug-likeness (QED) is 0.744. The number of rotatable bonds is 7. The summed E-state index contributed by atoms with van der Waals surface area (Å²) in [5.41, 5.74) is 2.94. The summed E-state index contributed by atoms with van der Waals surface area (Å²) in [6, 6.07) is 9.22. The second-order valence-corrected chi connectivity index (χ2v) is 5.96. The molecule has 0 spiro atoms. The largest absolute Gasteiger partial charge is 0.376 e. The van der Waals surface area contributed by atoms with Crippen molar-refractivity contribution < 1.29 is 4.74 Å². The Hall–Kier alpha value is -0.860. The molecule has 0 fully saturated rings. The van der Waals surface area contributed by atoms with E-state index >= 15 is 0 Å². The zero-order valence-electron chi connectivity index (χ0n) is 13.2. The number of hydrogen-bond donors (Lipinski definition) is 1. The van der Waals surface area contributed by atoms with Crippen molar-refractivity contribution in [3.05, 3.63) is 35.4 Å². The lowest BCUT2D eigenvalue weighted by atomic mass is 9.79. The fraction of sp³-hybridized carbons (Fsp3) is 0.667. The van der Waals surface area contributed by atoms with Gasteiger partial charge in [0.1, 0.15) is 0 Å². The highest BCUT2D eigenvalue weighted by Crippen LogP contribution is 2.38. The second kappa shape index (κ2) is 7.80. The predicted octanol–water partition coefficient (Wildman–Crippen LogP) is 4.42. The number of nitrogens with one attached hydrogen (secondary N) is 1. The van der Waals surface area contributed by atoms with Crippen molar-refractivity contribution in [2.24, 2.45) is 0 Å². The molecular weight excluding hydrogens is 246 g/mol. The lowest BCUT2D eigenvalue weighted by molar-refractivity contribution is 0.00946. The molecule has 0 saturated heterocycles. The van der Waals surface area contributed by atoms with Crippen molar-refractivity contribution in [1.29, 1.82) is 0 Å². The first kappa shape index (κ1) is 15.5. The molecule has 0 radical (unpaired) electrons. The highest BCUT2D eigenvalue weighted by Gasteiger charge is 2.33. The second-order valence-electron chi connectivity index (χ2n) is 5.96. The molecule has 2 nitrogen and oxygen atoms in total. The average molecular weight is 275 g/mol. The first-order valence-corrected chi connectivity index (χ1v) is 8.21. The van der Waals surface area contributed by atoms with Crippen LogP contribution in [-0.2, 0) is 4.74 Å². The van der Waals surface area contributed by atoms with Crippen LogP contribution in [0.2, 0.25) is 0 Å². The first-order valence-electron chi connectivity index (χ1n) is 8.21. The highest BCUT2D eigenvalue weighted by molar-refractivity contribution is 5.36. The van der Waals surface area contributed by atoms with Gasteiger partial charge < -0.3 is 10.1 Å². The number of ether oxygens (including phenoxy) is 1. The van der Waals surface area contributed by atoms with E-state index in [0.29, 0.717) is 18.1 Å². The van der Waals surface area contributed by atoms with Crippen LogP contribution in [0.3, 0.4) is 0 Å². The molecule has 2 heteroatoms. The maximum Gasteiger partial charge on any atom is 0.0775 e. The summed E-state index contributed by atoms with van der Waals surface area (Å²) in [6.07, 6.45) is 4.97. The van der Waals surface area contributed by atoms with Crippen LogP contribution in [0.1, 0.15) is 69.5 Å². The standard InChI is InChI=1S/C18H29NO/c1-4-6-12-20-17-13-14(3)15-9-7-8-10-16(15)18(17)19-11-5-2/h7-10,14,17-19H,4-6,11-13H2,1-3H3. The fourth-order valence-electron chi connectivity index (χ4n) is 3.14. The smallest absolute Gasteiger partial charge is 0.0775 e. The Morgan fingerprint density at radius 1 is 1.15 bits per heavy atom. The summed E-state index contributed by atoms with van der Waals surface area (Å²) < 4.78 is 6.20. The minimum Gasteiger partial charge on any atom is -0.376 e. The average Bonchev–Trinajstić information content (AvgIpc) is 2.47. The van der Waals surface area contributed by atoms with E-state index in [1.54, 1.807) is 0 Å². The molecule has 1 aromatic carbocycles. The Morgan fingerprint density at radius 3 is 2.60 bits per heavy atom. The highest BCUT2D eigenvalue weighted by atomic mass is 16.5. The zero-order valence-corrected chi connectivity index (χ0v) is 13.2. The minimum atomic E-state index is 0.318. The molecule has 2 rings (SSSR count). The predicted molar refractivity (Wildman–Crippen MR) is 85.2 cm³/mol. The van der Waals surface area contributed by atoms with Gasteiger partial charge in [-0.2, -0.15) is 0 Å². The van der Waals surface area contributed by atoms with Gasteiger partial charge >= 0.3 is 0 Å². The van der Waals surface area contributed by atoms with E-state index in [1.807, 2.05) is 0 Å². The molecule has 1 aliphatic carbocycles. The van der Waals surface area contributed by atoms with Crippen molar-refractivity contribution in [1.82, 2.24) is 5.32 Å². The van der Waals surface area contributed by atoms with Crippen molar-refractivity contribution in [3.63, 3.8) is 0 Å². The lowest BCUT2D eigenvalue weighted by Crippen LogP contribution is -2.39. The molecular formula is C18H29NO. The van der Waals surface area contributed by atoms with Gasteiger partial charge in [0.25, 0.3) is 0 Å². The normalized spacial score (nSPS) is 25.4. The van der Waals surface area contributed by atoms with E-state index in [9.17, 15) is 0 Å². The molecule has 0 aliphatic heterocycles. The summed E-state index contributed by atoms with van der Waals surface area (Å²) in [5, 5.41) is 3.70. The van der Waals surface area contributed by atoms with Crippen LogP contribution < -0.4 is 5.32 Å². The molecule has 0 saturated carbocycles. The Labute approximate surface area is 123 Å². The van der Waals surface area contributed by atoms with E-state index in [-0.39, 0.29) is 0 Å². The van der Waals surface area contributed by atoms with E-state index in [2.05, 4.69) is 50.4 Å². The van der Waals surface area contributed by atoms with Gasteiger partial charge in [0.2, 0.25) is 0 Å². The molecule has 0 amide bonds. The summed E-state index contributed by atoms with van der Waals surface area (Å²) >= 11 is 0. The number of benzene rings is 1. The Morgan fingerprint density at radius 2 is 1.90 bits per heavy atom. The van der Waals surface area contributed by atoms with E-state index in [1.165, 1.54) is 17.5 Å². The molecule has 0 aromatic heterocycles. The van der Waals surface area contributed by atoms with Gasteiger partial charge in [0.15, 0.2) is 0 Å².